The normalized spacial score (nSPS) is 11.9. The minimum absolute atomic E-state index is 0.152. The maximum absolute atomic E-state index is 11.7. The van der Waals surface area contributed by atoms with Crippen molar-refractivity contribution in [3.8, 4) is 0 Å². The minimum atomic E-state index is -0.770. The third kappa shape index (κ3) is 7.68. The van der Waals surface area contributed by atoms with Crippen molar-refractivity contribution in [1.29, 1.82) is 0 Å². The fraction of sp³-hybridized carbons (Fsp3) is 0.467. The molecule has 116 valence electrons. The Balaban J connectivity index is 2.16. The summed E-state index contributed by atoms with van der Waals surface area (Å²) in [6.45, 7) is 2.89. The van der Waals surface area contributed by atoms with E-state index in [1.165, 1.54) is 0 Å². The zero-order valence-corrected chi connectivity index (χ0v) is 12.8. The maximum atomic E-state index is 11.7. The fourth-order valence-corrected chi connectivity index (χ4v) is 2.00. The van der Waals surface area contributed by atoms with Gasteiger partial charge in [0.1, 0.15) is 0 Å². The summed E-state index contributed by atoms with van der Waals surface area (Å²) >= 11 is 5.95. The van der Waals surface area contributed by atoms with Gasteiger partial charge in [0.2, 0.25) is 5.91 Å². The van der Waals surface area contributed by atoms with Gasteiger partial charge in [-0.3, -0.25) is 9.59 Å². The number of anilines is 1. The summed E-state index contributed by atoms with van der Waals surface area (Å²) in [5, 5.41) is 14.9. The van der Waals surface area contributed by atoms with Crippen LogP contribution in [0, 0.1) is 5.92 Å². The predicted octanol–water partition coefficient (Wildman–Crippen LogP) is 2.76. The zero-order valence-electron chi connectivity index (χ0n) is 12.1. The molecule has 0 bridgehead atoms. The highest BCUT2D eigenvalue weighted by atomic mass is 35.5. The molecule has 0 radical (unpaired) electrons. The lowest BCUT2D eigenvalue weighted by atomic mass is 10.0. The lowest BCUT2D eigenvalue weighted by Gasteiger charge is -2.11. The first-order chi connectivity index (χ1) is 9.99. The number of hydrogen-bond donors (Lipinski definition) is 3. The Labute approximate surface area is 129 Å². The molecule has 0 saturated carbocycles. The minimum Gasteiger partial charge on any atom is -0.481 e. The van der Waals surface area contributed by atoms with E-state index in [1.54, 1.807) is 24.3 Å². The first-order valence-electron chi connectivity index (χ1n) is 6.96. The third-order valence-corrected chi connectivity index (χ3v) is 3.43. The van der Waals surface area contributed by atoms with Crippen LogP contribution in [0.2, 0.25) is 5.02 Å². The molecule has 0 aromatic heterocycles. The van der Waals surface area contributed by atoms with Crippen molar-refractivity contribution in [2.24, 2.45) is 5.92 Å². The number of halogens is 1. The monoisotopic (exact) mass is 312 g/mol. The van der Waals surface area contributed by atoms with Gasteiger partial charge in [-0.1, -0.05) is 30.7 Å². The second kappa shape index (κ2) is 9.37. The molecule has 3 N–H and O–H groups in total. The summed E-state index contributed by atoms with van der Waals surface area (Å²) in [5.74, 6) is -0.601. The largest absolute Gasteiger partial charge is 0.481 e. The zero-order chi connectivity index (χ0) is 15.7. The number of aliphatic carboxylic acids is 1. The number of carbonyl (C=O) groups excluding carboxylic acids is 1. The number of carbonyl (C=O) groups is 2. The average molecular weight is 313 g/mol. The van der Waals surface area contributed by atoms with Crippen LogP contribution in [0.3, 0.4) is 0 Å². The molecule has 0 saturated heterocycles. The smallest absolute Gasteiger partial charge is 0.303 e. The first-order valence-corrected chi connectivity index (χ1v) is 7.33. The predicted molar refractivity (Wildman–Crippen MR) is 83.6 cm³/mol. The molecule has 1 amide bonds. The second-order valence-electron chi connectivity index (χ2n) is 5.03. The molecule has 1 atom stereocenters. The number of carboxylic acids is 1. The molecule has 1 unspecified atom stereocenters. The van der Waals surface area contributed by atoms with Gasteiger partial charge in [0, 0.05) is 6.42 Å². The molecule has 6 heteroatoms. The van der Waals surface area contributed by atoms with Crippen LogP contribution in [0.4, 0.5) is 5.69 Å². The number of carboxylic acid groups (broad SMARTS) is 1. The van der Waals surface area contributed by atoms with Gasteiger partial charge in [-0.05, 0) is 37.4 Å². The molecule has 5 nitrogen and oxygen atoms in total. The summed E-state index contributed by atoms with van der Waals surface area (Å²) in [6, 6.07) is 7.07. The molecule has 1 rings (SSSR count). The van der Waals surface area contributed by atoms with Crippen LogP contribution in [-0.4, -0.2) is 30.1 Å². The van der Waals surface area contributed by atoms with Crippen LogP contribution in [0.15, 0.2) is 24.3 Å². The lowest BCUT2D eigenvalue weighted by molar-refractivity contribution is -0.137. The maximum Gasteiger partial charge on any atom is 0.303 e. The van der Waals surface area contributed by atoms with Crippen molar-refractivity contribution >= 4 is 29.2 Å². The van der Waals surface area contributed by atoms with Crippen LogP contribution >= 0.6 is 11.6 Å². The fourth-order valence-electron chi connectivity index (χ4n) is 1.82. The number of nitrogens with one attached hydrogen (secondary N) is 2. The van der Waals surface area contributed by atoms with Gasteiger partial charge in [-0.15, -0.1) is 0 Å². The summed E-state index contributed by atoms with van der Waals surface area (Å²) in [6.07, 6.45) is 1.68. The number of para-hydroxylation sites is 1. The SMILES string of the molecule is CC(CCNCC(=O)Nc1ccccc1Cl)CCC(=O)O. The Morgan fingerprint density at radius 2 is 2.00 bits per heavy atom. The van der Waals surface area contributed by atoms with E-state index in [-0.39, 0.29) is 18.9 Å². The van der Waals surface area contributed by atoms with E-state index in [1.807, 2.05) is 6.92 Å². The van der Waals surface area contributed by atoms with Crippen molar-refractivity contribution in [1.82, 2.24) is 5.32 Å². The number of hydrogen-bond acceptors (Lipinski definition) is 3. The Kier molecular flexibility index (Phi) is 7.79. The summed E-state index contributed by atoms with van der Waals surface area (Å²) in [4.78, 5) is 22.2. The van der Waals surface area contributed by atoms with Gasteiger partial charge in [-0.2, -0.15) is 0 Å². The van der Waals surface area contributed by atoms with E-state index in [4.69, 9.17) is 16.7 Å². The van der Waals surface area contributed by atoms with E-state index < -0.39 is 5.97 Å². The first kappa shape index (κ1) is 17.5. The van der Waals surface area contributed by atoms with Crippen LogP contribution in [0.25, 0.3) is 0 Å². The molecule has 21 heavy (non-hydrogen) atoms. The Morgan fingerprint density at radius 1 is 1.29 bits per heavy atom. The molecule has 1 aromatic carbocycles. The highest BCUT2D eigenvalue weighted by Gasteiger charge is 2.07. The van der Waals surface area contributed by atoms with Gasteiger partial charge in [-0.25, -0.2) is 0 Å². The van der Waals surface area contributed by atoms with Crippen LogP contribution in [0.1, 0.15) is 26.2 Å². The molecular weight excluding hydrogens is 292 g/mol. The van der Waals surface area contributed by atoms with E-state index in [0.717, 1.165) is 6.42 Å². The van der Waals surface area contributed by atoms with E-state index in [9.17, 15) is 9.59 Å². The van der Waals surface area contributed by atoms with Gasteiger partial charge < -0.3 is 15.7 Å². The van der Waals surface area contributed by atoms with Crippen LogP contribution in [0.5, 0.6) is 0 Å². The van der Waals surface area contributed by atoms with E-state index in [0.29, 0.717) is 29.6 Å². The number of rotatable bonds is 9. The Morgan fingerprint density at radius 3 is 2.67 bits per heavy atom. The highest BCUT2D eigenvalue weighted by molar-refractivity contribution is 6.33. The molecular formula is C15H21ClN2O3. The third-order valence-electron chi connectivity index (χ3n) is 3.10. The van der Waals surface area contributed by atoms with E-state index in [2.05, 4.69) is 10.6 Å². The molecule has 0 aliphatic carbocycles. The van der Waals surface area contributed by atoms with Gasteiger partial charge in [0.15, 0.2) is 0 Å². The standard InChI is InChI=1S/C15H21ClN2O3/c1-11(6-7-15(20)21)8-9-17-10-14(19)18-13-5-3-2-4-12(13)16/h2-5,11,17H,6-10H2,1H3,(H,18,19)(H,20,21). The summed E-state index contributed by atoms with van der Waals surface area (Å²) < 4.78 is 0. The van der Waals surface area contributed by atoms with Crippen molar-refractivity contribution in [2.45, 2.75) is 26.2 Å². The molecule has 0 heterocycles. The number of amides is 1. The Bertz CT molecular complexity index is 480. The summed E-state index contributed by atoms with van der Waals surface area (Å²) in [5.41, 5.74) is 0.598. The van der Waals surface area contributed by atoms with Gasteiger partial charge in [0.25, 0.3) is 0 Å². The molecule has 0 aliphatic rings. The number of benzene rings is 1. The van der Waals surface area contributed by atoms with Crippen molar-refractivity contribution in [2.75, 3.05) is 18.4 Å². The summed E-state index contributed by atoms with van der Waals surface area (Å²) in [7, 11) is 0. The highest BCUT2D eigenvalue weighted by Crippen LogP contribution is 2.19. The van der Waals surface area contributed by atoms with Gasteiger partial charge in [0.05, 0.1) is 17.3 Å². The quantitative estimate of drug-likeness (QED) is 0.613. The van der Waals surface area contributed by atoms with Crippen molar-refractivity contribution < 1.29 is 14.7 Å². The van der Waals surface area contributed by atoms with Crippen molar-refractivity contribution in [3.63, 3.8) is 0 Å². The lowest BCUT2D eigenvalue weighted by Crippen LogP contribution is -2.29. The van der Waals surface area contributed by atoms with Crippen LogP contribution in [-0.2, 0) is 9.59 Å². The topological polar surface area (TPSA) is 78.4 Å². The Hall–Kier alpha value is -1.59. The second-order valence-corrected chi connectivity index (χ2v) is 5.44. The van der Waals surface area contributed by atoms with Gasteiger partial charge >= 0.3 is 5.97 Å². The molecule has 0 spiro atoms. The van der Waals surface area contributed by atoms with Crippen molar-refractivity contribution in [3.05, 3.63) is 29.3 Å². The van der Waals surface area contributed by atoms with E-state index >= 15 is 0 Å². The molecule has 0 aliphatic heterocycles. The molecule has 1 aromatic rings. The van der Waals surface area contributed by atoms with Crippen LogP contribution < -0.4 is 10.6 Å². The average Bonchev–Trinajstić information content (AvgIpc) is 2.44. The molecule has 0 fully saturated rings.